The number of benzene rings is 2. The van der Waals surface area contributed by atoms with Crippen molar-refractivity contribution in [2.45, 2.75) is 52.2 Å². The van der Waals surface area contributed by atoms with Crippen LogP contribution in [0.1, 0.15) is 44.2 Å². The summed E-state index contributed by atoms with van der Waals surface area (Å²) in [5.41, 5.74) is 3.27. The molecule has 0 atom stereocenters. The van der Waals surface area contributed by atoms with Gasteiger partial charge < -0.3 is 19.6 Å². The van der Waals surface area contributed by atoms with Crippen molar-refractivity contribution in [2.24, 2.45) is 10.6 Å². The molecular weight excluding hydrogens is 461 g/mol. The Morgan fingerprint density at radius 3 is 2.53 bits per heavy atom. The van der Waals surface area contributed by atoms with Gasteiger partial charge in [-0.2, -0.15) is 0 Å². The summed E-state index contributed by atoms with van der Waals surface area (Å²) in [4.78, 5) is 22.0. The number of amidine groups is 1. The predicted molar refractivity (Wildman–Crippen MR) is 135 cm³/mol. The first-order chi connectivity index (χ1) is 17.2. The highest BCUT2D eigenvalue weighted by molar-refractivity contribution is 5.85. The number of oxime groups is 1. The second-order valence-corrected chi connectivity index (χ2v) is 10.7. The number of piperidine rings is 1. The predicted octanol–water partition coefficient (Wildman–Crippen LogP) is 4.67. The van der Waals surface area contributed by atoms with Crippen LogP contribution in [-0.2, 0) is 16.2 Å². The van der Waals surface area contributed by atoms with E-state index in [4.69, 9.17) is 9.57 Å². The van der Waals surface area contributed by atoms with E-state index in [0.717, 1.165) is 54.3 Å². The minimum absolute atomic E-state index is 0.252. The normalized spacial score (nSPS) is 20.6. The van der Waals surface area contributed by atoms with Crippen molar-refractivity contribution in [1.29, 1.82) is 0 Å². The molecule has 2 aromatic rings. The molecule has 0 radical (unpaired) electrons. The average Bonchev–Trinajstić information content (AvgIpc) is 3.26. The molecule has 36 heavy (non-hydrogen) atoms. The zero-order valence-corrected chi connectivity index (χ0v) is 21.2. The van der Waals surface area contributed by atoms with Crippen LogP contribution in [0.25, 0.3) is 11.1 Å². The number of rotatable bonds is 6. The Balaban J connectivity index is 1.20. The number of aryl methyl sites for hydroxylation is 1. The molecule has 0 unspecified atom stereocenters. The highest BCUT2D eigenvalue weighted by Crippen LogP contribution is 2.39. The van der Waals surface area contributed by atoms with Gasteiger partial charge >= 0.3 is 5.97 Å². The lowest BCUT2D eigenvalue weighted by molar-refractivity contribution is -0.150. The Kier molecular flexibility index (Phi) is 6.41. The molecule has 0 bridgehead atoms. The highest BCUT2D eigenvalue weighted by atomic mass is 19.1. The molecule has 0 amide bonds. The molecule has 0 saturated carbocycles. The quantitative estimate of drug-likeness (QED) is 0.628. The summed E-state index contributed by atoms with van der Waals surface area (Å²) in [6.45, 7) is 10.2. The molecule has 2 saturated heterocycles. The van der Waals surface area contributed by atoms with Gasteiger partial charge in [-0.25, -0.2) is 4.39 Å². The van der Waals surface area contributed by atoms with Crippen LogP contribution >= 0.6 is 0 Å². The summed E-state index contributed by atoms with van der Waals surface area (Å²) in [6.07, 6.45) is 2.01. The van der Waals surface area contributed by atoms with Gasteiger partial charge in [0.2, 0.25) is 0 Å². The molecule has 8 heteroatoms. The number of halogens is 1. The van der Waals surface area contributed by atoms with Gasteiger partial charge in [-0.15, -0.1) is 0 Å². The van der Waals surface area contributed by atoms with E-state index in [-0.39, 0.29) is 11.4 Å². The van der Waals surface area contributed by atoms with Crippen molar-refractivity contribution >= 4 is 11.8 Å². The lowest BCUT2D eigenvalue weighted by Gasteiger charge is -2.45. The molecule has 5 rings (SSSR count). The van der Waals surface area contributed by atoms with Gasteiger partial charge in [0.1, 0.15) is 17.4 Å². The van der Waals surface area contributed by atoms with Crippen LogP contribution in [0, 0.1) is 18.2 Å². The van der Waals surface area contributed by atoms with Gasteiger partial charge in [-0.05, 0) is 68.5 Å². The van der Waals surface area contributed by atoms with E-state index in [0.29, 0.717) is 32.5 Å². The maximum Gasteiger partial charge on any atom is 0.309 e. The van der Waals surface area contributed by atoms with Crippen molar-refractivity contribution < 1.29 is 23.9 Å². The van der Waals surface area contributed by atoms with E-state index < -0.39 is 11.4 Å². The van der Waals surface area contributed by atoms with Gasteiger partial charge in [0, 0.05) is 38.3 Å². The number of carboxylic acid groups (broad SMARTS) is 1. The molecule has 3 aliphatic rings. The molecular formula is C28H34FN3O4. The molecule has 2 fully saturated rings. The summed E-state index contributed by atoms with van der Waals surface area (Å²) in [5, 5.41) is 13.9. The van der Waals surface area contributed by atoms with E-state index >= 15 is 0 Å². The standard InChI is InChI=1S/C28H34FN3O4/c1-4-35-23-14-20(13-19(2)25(23)21-5-7-22(29)8-6-21)16-31-17-28(18-31)15-24(30-36-28)32-11-9-27(3,10-12-32)26(33)34/h5-8,13-14H,4,9-12,15-18H2,1-3H3,(H,33,34). The third kappa shape index (κ3) is 4.66. The second kappa shape index (κ2) is 9.39. The first-order valence-electron chi connectivity index (χ1n) is 12.7. The number of likely N-dealkylation sites (tertiary alicyclic amines) is 2. The van der Waals surface area contributed by atoms with Crippen molar-refractivity contribution in [2.75, 3.05) is 32.8 Å². The monoisotopic (exact) mass is 495 g/mol. The van der Waals surface area contributed by atoms with E-state index in [1.807, 2.05) is 13.8 Å². The molecule has 3 heterocycles. The van der Waals surface area contributed by atoms with E-state index in [1.54, 1.807) is 12.1 Å². The summed E-state index contributed by atoms with van der Waals surface area (Å²) in [5.74, 6) is 0.792. The van der Waals surface area contributed by atoms with Crippen molar-refractivity contribution in [3.63, 3.8) is 0 Å². The van der Waals surface area contributed by atoms with Crippen molar-refractivity contribution in [3.8, 4) is 16.9 Å². The topological polar surface area (TPSA) is 74.6 Å². The zero-order valence-electron chi connectivity index (χ0n) is 21.2. The van der Waals surface area contributed by atoms with Crippen molar-refractivity contribution in [3.05, 3.63) is 53.3 Å². The van der Waals surface area contributed by atoms with Gasteiger partial charge in [-0.3, -0.25) is 9.69 Å². The molecule has 192 valence electrons. The summed E-state index contributed by atoms with van der Waals surface area (Å²) in [7, 11) is 0. The summed E-state index contributed by atoms with van der Waals surface area (Å²) < 4.78 is 19.4. The minimum atomic E-state index is -0.716. The zero-order chi connectivity index (χ0) is 25.5. The Bertz CT molecular complexity index is 1170. The largest absolute Gasteiger partial charge is 0.493 e. The smallest absolute Gasteiger partial charge is 0.309 e. The fraction of sp³-hybridized carbons (Fsp3) is 0.500. The number of aliphatic carboxylic acids is 1. The average molecular weight is 496 g/mol. The van der Waals surface area contributed by atoms with Crippen LogP contribution in [-0.4, -0.2) is 65.1 Å². The van der Waals surface area contributed by atoms with Gasteiger partial charge in [0.25, 0.3) is 0 Å². The van der Waals surface area contributed by atoms with E-state index in [9.17, 15) is 14.3 Å². The number of hydrogen-bond acceptors (Lipinski definition) is 6. The Morgan fingerprint density at radius 1 is 1.19 bits per heavy atom. The number of carboxylic acids is 1. The molecule has 1 N–H and O–H groups in total. The SMILES string of the molecule is CCOc1cc(CN2CC3(CC(N4CCC(C)(C(=O)O)CC4)=NO3)C2)cc(C)c1-c1ccc(F)cc1. The van der Waals surface area contributed by atoms with Crippen LogP contribution in [0.4, 0.5) is 4.39 Å². The molecule has 1 spiro atoms. The Hall–Kier alpha value is -3.13. The van der Waals surface area contributed by atoms with E-state index in [2.05, 4.69) is 34.0 Å². The van der Waals surface area contributed by atoms with Gasteiger partial charge in [0.15, 0.2) is 5.60 Å². The number of carbonyl (C=O) groups is 1. The number of nitrogens with zero attached hydrogens (tertiary/aromatic N) is 3. The molecule has 2 aromatic carbocycles. The van der Waals surface area contributed by atoms with Gasteiger partial charge in [-0.1, -0.05) is 23.4 Å². The fourth-order valence-electron chi connectivity index (χ4n) is 5.63. The van der Waals surface area contributed by atoms with Crippen molar-refractivity contribution in [1.82, 2.24) is 9.80 Å². The number of ether oxygens (including phenoxy) is 1. The molecule has 7 nitrogen and oxygen atoms in total. The first-order valence-corrected chi connectivity index (χ1v) is 12.7. The molecule has 0 aromatic heterocycles. The first kappa shape index (κ1) is 24.6. The summed E-state index contributed by atoms with van der Waals surface area (Å²) >= 11 is 0. The molecule has 0 aliphatic carbocycles. The third-order valence-electron chi connectivity index (χ3n) is 7.79. The van der Waals surface area contributed by atoms with Crippen LogP contribution in [0.3, 0.4) is 0 Å². The number of hydrogen-bond donors (Lipinski definition) is 1. The van der Waals surface area contributed by atoms with Gasteiger partial charge in [0.05, 0.1) is 18.4 Å². The summed E-state index contributed by atoms with van der Waals surface area (Å²) in [6, 6.07) is 10.8. The van der Waals surface area contributed by atoms with Crippen LogP contribution < -0.4 is 4.74 Å². The third-order valence-corrected chi connectivity index (χ3v) is 7.79. The Morgan fingerprint density at radius 2 is 1.89 bits per heavy atom. The molecule has 3 aliphatic heterocycles. The lowest BCUT2D eigenvalue weighted by Crippen LogP contribution is -2.61. The minimum Gasteiger partial charge on any atom is -0.493 e. The maximum absolute atomic E-state index is 13.4. The van der Waals surface area contributed by atoms with Crippen LogP contribution in [0.5, 0.6) is 5.75 Å². The second-order valence-electron chi connectivity index (χ2n) is 10.7. The van der Waals surface area contributed by atoms with E-state index in [1.165, 1.54) is 17.7 Å². The maximum atomic E-state index is 13.4. The van der Waals surface area contributed by atoms with Crippen LogP contribution in [0.2, 0.25) is 0 Å². The highest BCUT2D eigenvalue weighted by Gasteiger charge is 2.51. The lowest BCUT2D eigenvalue weighted by atomic mass is 9.80. The fourth-order valence-corrected chi connectivity index (χ4v) is 5.63. The Labute approximate surface area is 211 Å². The van der Waals surface area contributed by atoms with Crippen LogP contribution in [0.15, 0.2) is 41.6 Å².